The van der Waals surface area contributed by atoms with Gasteiger partial charge in [0.2, 0.25) is 11.8 Å². The van der Waals surface area contributed by atoms with E-state index >= 15 is 0 Å². The standard InChI is InChI=1S/C20H23FN2O4/c1-14(24)23(18-12-17(26-2)8-9-19(18)27-3)13-20(25)22-11-10-15-4-6-16(21)7-5-15/h4-9,12H,10-11,13H2,1-3H3,(H,22,25). The SMILES string of the molecule is COc1ccc(OC)c(N(CC(=O)NCCc2ccc(F)cc2)C(C)=O)c1. The van der Waals surface area contributed by atoms with E-state index < -0.39 is 0 Å². The van der Waals surface area contributed by atoms with Gasteiger partial charge in [0, 0.05) is 19.5 Å². The van der Waals surface area contributed by atoms with Crippen molar-refractivity contribution in [3.05, 3.63) is 53.8 Å². The Morgan fingerprint density at radius 3 is 2.37 bits per heavy atom. The molecule has 0 heterocycles. The van der Waals surface area contributed by atoms with Crippen molar-refractivity contribution < 1.29 is 23.5 Å². The molecule has 0 aliphatic rings. The summed E-state index contributed by atoms with van der Waals surface area (Å²) in [4.78, 5) is 25.7. The van der Waals surface area contributed by atoms with E-state index in [0.29, 0.717) is 30.2 Å². The van der Waals surface area contributed by atoms with E-state index in [4.69, 9.17) is 9.47 Å². The maximum atomic E-state index is 12.9. The molecule has 0 bridgehead atoms. The summed E-state index contributed by atoms with van der Waals surface area (Å²) in [6.07, 6.45) is 0.564. The van der Waals surface area contributed by atoms with Crippen LogP contribution in [0.1, 0.15) is 12.5 Å². The second kappa shape index (κ2) is 9.56. The smallest absolute Gasteiger partial charge is 0.240 e. The highest BCUT2D eigenvalue weighted by Gasteiger charge is 2.20. The van der Waals surface area contributed by atoms with Gasteiger partial charge >= 0.3 is 0 Å². The molecule has 0 saturated heterocycles. The van der Waals surface area contributed by atoms with Crippen LogP contribution < -0.4 is 19.7 Å². The number of nitrogens with one attached hydrogen (secondary N) is 1. The zero-order valence-corrected chi connectivity index (χ0v) is 15.6. The van der Waals surface area contributed by atoms with Crippen LogP contribution in [0.2, 0.25) is 0 Å². The van der Waals surface area contributed by atoms with Gasteiger partial charge in [0.1, 0.15) is 23.9 Å². The van der Waals surface area contributed by atoms with E-state index in [0.717, 1.165) is 5.56 Å². The molecule has 0 atom stereocenters. The van der Waals surface area contributed by atoms with Crippen LogP contribution in [0.5, 0.6) is 11.5 Å². The Kier molecular flexibility index (Phi) is 7.16. The fourth-order valence-corrected chi connectivity index (χ4v) is 2.57. The summed E-state index contributed by atoms with van der Waals surface area (Å²) < 4.78 is 23.4. The fraction of sp³-hybridized carbons (Fsp3) is 0.300. The first-order chi connectivity index (χ1) is 12.9. The minimum absolute atomic E-state index is 0.151. The lowest BCUT2D eigenvalue weighted by molar-refractivity contribution is -0.123. The molecule has 0 aliphatic carbocycles. The maximum absolute atomic E-state index is 12.9. The molecule has 1 N–H and O–H groups in total. The molecule has 0 unspecified atom stereocenters. The number of ether oxygens (including phenoxy) is 2. The van der Waals surface area contributed by atoms with Crippen molar-refractivity contribution in [3.63, 3.8) is 0 Å². The van der Waals surface area contributed by atoms with Gasteiger partial charge in [-0.15, -0.1) is 0 Å². The first-order valence-electron chi connectivity index (χ1n) is 8.46. The number of hydrogen-bond donors (Lipinski definition) is 1. The first kappa shape index (κ1) is 20.2. The highest BCUT2D eigenvalue weighted by atomic mass is 19.1. The molecule has 7 heteroatoms. The van der Waals surface area contributed by atoms with E-state index in [1.807, 2.05) is 0 Å². The molecule has 0 radical (unpaired) electrons. The van der Waals surface area contributed by atoms with Crippen LogP contribution >= 0.6 is 0 Å². The third-order valence-electron chi connectivity index (χ3n) is 4.01. The Balaban J connectivity index is 2.02. The van der Waals surface area contributed by atoms with Crippen molar-refractivity contribution in [1.82, 2.24) is 5.32 Å². The lowest BCUT2D eigenvalue weighted by Crippen LogP contribution is -2.40. The van der Waals surface area contributed by atoms with Crippen molar-refractivity contribution in [2.75, 3.05) is 32.2 Å². The molecular weight excluding hydrogens is 351 g/mol. The number of anilines is 1. The van der Waals surface area contributed by atoms with Crippen LogP contribution in [0, 0.1) is 5.82 Å². The van der Waals surface area contributed by atoms with Gasteiger partial charge in [0.15, 0.2) is 0 Å². The summed E-state index contributed by atoms with van der Waals surface area (Å²) in [6, 6.07) is 11.1. The monoisotopic (exact) mass is 374 g/mol. The zero-order chi connectivity index (χ0) is 19.8. The Morgan fingerprint density at radius 1 is 1.07 bits per heavy atom. The van der Waals surface area contributed by atoms with Gasteiger partial charge < -0.3 is 14.8 Å². The van der Waals surface area contributed by atoms with Gasteiger partial charge in [0.05, 0.1) is 19.9 Å². The summed E-state index contributed by atoms with van der Waals surface area (Å²) in [7, 11) is 3.01. The average molecular weight is 374 g/mol. The number of nitrogens with zero attached hydrogens (tertiary/aromatic N) is 1. The van der Waals surface area contributed by atoms with Crippen LogP contribution in [0.15, 0.2) is 42.5 Å². The molecule has 27 heavy (non-hydrogen) atoms. The van der Waals surface area contributed by atoms with E-state index in [1.165, 1.54) is 38.2 Å². The van der Waals surface area contributed by atoms with Gasteiger partial charge in [-0.3, -0.25) is 14.5 Å². The topological polar surface area (TPSA) is 67.9 Å². The van der Waals surface area contributed by atoms with Crippen molar-refractivity contribution in [2.24, 2.45) is 0 Å². The molecule has 0 aliphatic heterocycles. The first-order valence-corrected chi connectivity index (χ1v) is 8.46. The second-order valence-corrected chi connectivity index (χ2v) is 5.87. The number of hydrogen-bond acceptors (Lipinski definition) is 4. The molecule has 2 amide bonds. The number of carbonyl (C=O) groups is 2. The summed E-state index contributed by atoms with van der Waals surface area (Å²) in [5.41, 5.74) is 1.37. The summed E-state index contributed by atoms with van der Waals surface area (Å²) in [5.74, 6) is 0.110. The summed E-state index contributed by atoms with van der Waals surface area (Å²) in [5, 5.41) is 2.77. The fourth-order valence-electron chi connectivity index (χ4n) is 2.57. The van der Waals surface area contributed by atoms with Gasteiger partial charge in [-0.25, -0.2) is 4.39 Å². The average Bonchev–Trinajstić information content (AvgIpc) is 2.67. The van der Waals surface area contributed by atoms with Crippen LogP contribution in [-0.4, -0.2) is 39.1 Å². The molecule has 2 aromatic rings. The Labute approximate surface area is 157 Å². The normalized spacial score (nSPS) is 10.2. The highest BCUT2D eigenvalue weighted by molar-refractivity contribution is 5.98. The van der Waals surface area contributed by atoms with Gasteiger partial charge in [-0.1, -0.05) is 12.1 Å². The van der Waals surface area contributed by atoms with Crippen molar-refractivity contribution in [1.29, 1.82) is 0 Å². The minimum Gasteiger partial charge on any atom is -0.497 e. The molecular formula is C20H23FN2O4. The van der Waals surface area contributed by atoms with E-state index in [9.17, 15) is 14.0 Å². The lowest BCUT2D eigenvalue weighted by Gasteiger charge is -2.23. The molecule has 0 aromatic heterocycles. The van der Waals surface area contributed by atoms with Crippen molar-refractivity contribution in [3.8, 4) is 11.5 Å². The molecule has 6 nitrogen and oxygen atoms in total. The van der Waals surface area contributed by atoms with Crippen LogP contribution in [-0.2, 0) is 16.0 Å². The maximum Gasteiger partial charge on any atom is 0.240 e. The van der Waals surface area contributed by atoms with Gasteiger partial charge in [0.25, 0.3) is 0 Å². The minimum atomic E-state index is -0.308. The summed E-state index contributed by atoms with van der Waals surface area (Å²) >= 11 is 0. The van der Waals surface area contributed by atoms with Gasteiger partial charge in [-0.05, 0) is 36.2 Å². The van der Waals surface area contributed by atoms with Crippen molar-refractivity contribution >= 4 is 17.5 Å². The predicted molar refractivity (Wildman–Crippen MR) is 101 cm³/mol. The highest BCUT2D eigenvalue weighted by Crippen LogP contribution is 2.32. The second-order valence-electron chi connectivity index (χ2n) is 5.87. The van der Waals surface area contributed by atoms with Crippen LogP contribution in [0.3, 0.4) is 0 Å². The zero-order valence-electron chi connectivity index (χ0n) is 15.6. The quantitative estimate of drug-likeness (QED) is 0.771. The Bertz CT molecular complexity index is 793. The van der Waals surface area contributed by atoms with Crippen molar-refractivity contribution in [2.45, 2.75) is 13.3 Å². The molecule has 0 fully saturated rings. The number of halogens is 1. The lowest BCUT2D eigenvalue weighted by atomic mass is 10.1. The number of benzene rings is 2. The third-order valence-corrected chi connectivity index (χ3v) is 4.01. The molecule has 0 saturated carbocycles. The number of methoxy groups -OCH3 is 2. The Morgan fingerprint density at radius 2 is 1.78 bits per heavy atom. The van der Waals surface area contributed by atoms with Crippen LogP contribution in [0.4, 0.5) is 10.1 Å². The molecule has 2 rings (SSSR count). The van der Waals surface area contributed by atoms with E-state index in [1.54, 1.807) is 30.3 Å². The summed E-state index contributed by atoms with van der Waals surface area (Å²) in [6.45, 7) is 1.61. The largest absolute Gasteiger partial charge is 0.497 e. The number of rotatable bonds is 8. The third kappa shape index (κ3) is 5.70. The predicted octanol–water partition coefficient (Wildman–Crippen LogP) is 2.55. The van der Waals surface area contributed by atoms with E-state index in [-0.39, 0.29) is 24.2 Å². The number of carbonyl (C=O) groups excluding carboxylic acids is 2. The molecule has 144 valence electrons. The van der Waals surface area contributed by atoms with Gasteiger partial charge in [-0.2, -0.15) is 0 Å². The Hall–Kier alpha value is -3.09. The van der Waals surface area contributed by atoms with E-state index in [2.05, 4.69) is 5.32 Å². The van der Waals surface area contributed by atoms with Crippen LogP contribution in [0.25, 0.3) is 0 Å². The molecule has 0 spiro atoms. The number of amides is 2. The molecule has 2 aromatic carbocycles.